The second-order valence-corrected chi connectivity index (χ2v) is 7.16. The van der Waals surface area contributed by atoms with Gasteiger partial charge in [-0.2, -0.15) is 13.2 Å². The molecule has 1 saturated heterocycles. The third-order valence-corrected chi connectivity index (χ3v) is 5.35. The highest BCUT2D eigenvalue weighted by Crippen LogP contribution is 2.35. The number of aliphatic hydroxyl groups is 1. The van der Waals surface area contributed by atoms with Crippen molar-refractivity contribution in [1.82, 2.24) is 19.5 Å². The van der Waals surface area contributed by atoms with E-state index in [-0.39, 0.29) is 18.0 Å². The fourth-order valence-corrected chi connectivity index (χ4v) is 3.90. The van der Waals surface area contributed by atoms with Gasteiger partial charge in [0, 0.05) is 18.7 Å². The summed E-state index contributed by atoms with van der Waals surface area (Å²) in [5.41, 5.74) is -0.0352. The molecule has 0 radical (unpaired) electrons. The number of halogens is 3. The predicted octanol–water partition coefficient (Wildman–Crippen LogP) is 3.66. The van der Waals surface area contributed by atoms with E-state index in [4.69, 9.17) is 0 Å². The van der Waals surface area contributed by atoms with Crippen molar-refractivity contribution >= 4 is 5.65 Å². The molecule has 1 aliphatic rings. The number of likely N-dealkylation sites (tertiary alicyclic amines) is 1. The summed E-state index contributed by atoms with van der Waals surface area (Å²) in [5.74, 6) is 1.16. The van der Waals surface area contributed by atoms with Gasteiger partial charge < -0.3 is 10.0 Å². The summed E-state index contributed by atoms with van der Waals surface area (Å²) in [6, 6.07) is 11.0. The molecule has 1 unspecified atom stereocenters. The van der Waals surface area contributed by atoms with Crippen LogP contribution in [0, 0.1) is 0 Å². The molecule has 1 aromatic carbocycles. The Morgan fingerprint density at radius 2 is 1.75 bits per heavy atom. The van der Waals surface area contributed by atoms with Crippen LogP contribution in [0.25, 0.3) is 5.65 Å². The summed E-state index contributed by atoms with van der Waals surface area (Å²) in [5, 5.41) is 18.9. The lowest BCUT2D eigenvalue weighted by Gasteiger charge is -2.33. The summed E-state index contributed by atoms with van der Waals surface area (Å²) in [6.45, 7) is 1.57. The van der Waals surface area contributed by atoms with Gasteiger partial charge in [0.2, 0.25) is 0 Å². The molecule has 5 nitrogen and oxygen atoms in total. The maximum absolute atomic E-state index is 13.2. The number of rotatable bonds is 4. The molecule has 8 heteroatoms. The molecule has 0 aliphatic carbocycles. The van der Waals surface area contributed by atoms with E-state index in [2.05, 4.69) is 10.2 Å². The highest BCUT2D eigenvalue weighted by molar-refractivity contribution is 5.37. The van der Waals surface area contributed by atoms with Gasteiger partial charge in [-0.15, -0.1) is 10.2 Å². The fraction of sp³-hybridized carbons (Fsp3) is 0.400. The second-order valence-electron chi connectivity index (χ2n) is 7.16. The van der Waals surface area contributed by atoms with Crippen molar-refractivity contribution in [2.45, 2.75) is 31.0 Å². The summed E-state index contributed by atoms with van der Waals surface area (Å²) >= 11 is 0. The minimum atomic E-state index is -4.47. The maximum Gasteiger partial charge on any atom is 0.416 e. The highest BCUT2D eigenvalue weighted by Gasteiger charge is 2.35. The second kappa shape index (κ2) is 7.52. The first-order valence-corrected chi connectivity index (χ1v) is 9.29. The van der Waals surface area contributed by atoms with Crippen LogP contribution in [0.5, 0.6) is 0 Å². The zero-order valence-electron chi connectivity index (χ0n) is 15.2. The van der Waals surface area contributed by atoms with E-state index in [9.17, 15) is 18.3 Å². The van der Waals surface area contributed by atoms with Gasteiger partial charge in [-0.25, -0.2) is 0 Å². The minimum Gasteiger partial charge on any atom is -0.387 e. The van der Waals surface area contributed by atoms with Crippen molar-refractivity contribution in [1.29, 1.82) is 0 Å². The lowest BCUT2D eigenvalue weighted by molar-refractivity contribution is -0.139. The summed E-state index contributed by atoms with van der Waals surface area (Å²) < 4.78 is 41.5. The molecular weight excluding hydrogens is 369 g/mol. The van der Waals surface area contributed by atoms with Gasteiger partial charge in [0.1, 0.15) is 5.82 Å². The molecule has 0 spiro atoms. The normalized spacial score (nSPS) is 17.9. The third kappa shape index (κ3) is 3.74. The SMILES string of the molecule is OC(CN1CCC(c2nnc3ccccn23)CC1)c1ccccc1C(F)(F)F. The molecule has 2 aromatic heterocycles. The molecule has 1 N–H and O–H groups in total. The highest BCUT2D eigenvalue weighted by atomic mass is 19.4. The van der Waals surface area contributed by atoms with E-state index in [0.717, 1.165) is 30.4 Å². The fourth-order valence-electron chi connectivity index (χ4n) is 3.90. The van der Waals surface area contributed by atoms with Crippen LogP contribution in [0.15, 0.2) is 48.7 Å². The average Bonchev–Trinajstić information content (AvgIpc) is 3.12. The number of aliphatic hydroxyl groups excluding tert-OH is 1. The Labute approximate surface area is 160 Å². The molecule has 1 aliphatic heterocycles. The van der Waals surface area contributed by atoms with Gasteiger partial charge in [-0.1, -0.05) is 24.3 Å². The van der Waals surface area contributed by atoms with E-state index in [1.165, 1.54) is 18.2 Å². The quantitative estimate of drug-likeness (QED) is 0.739. The zero-order chi connectivity index (χ0) is 19.7. The smallest absolute Gasteiger partial charge is 0.387 e. The van der Waals surface area contributed by atoms with Crippen LogP contribution in [-0.2, 0) is 6.18 Å². The number of pyridine rings is 1. The van der Waals surface area contributed by atoms with Gasteiger partial charge in [0.05, 0.1) is 11.7 Å². The van der Waals surface area contributed by atoms with E-state index < -0.39 is 17.8 Å². The van der Waals surface area contributed by atoms with Crippen LogP contribution in [0.2, 0.25) is 0 Å². The largest absolute Gasteiger partial charge is 0.416 e. The number of hydrogen-bond donors (Lipinski definition) is 1. The molecule has 0 saturated carbocycles. The summed E-state index contributed by atoms with van der Waals surface area (Å²) in [7, 11) is 0. The zero-order valence-corrected chi connectivity index (χ0v) is 15.2. The van der Waals surface area contributed by atoms with Crippen molar-refractivity contribution in [2.75, 3.05) is 19.6 Å². The number of hydrogen-bond acceptors (Lipinski definition) is 4. The van der Waals surface area contributed by atoms with Crippen molar-refractivity contribution in [3.05, 3.63) is 65.6 Å². The minimum absolute atomic E-state index is 0.0689. The first-order chi connectivity index (χ1) is 13.4. The summed E-state index contributed by atoms with van der Waals surface area (Å²) in [4.78, 5) is 2.01. The van der Waals surface area contributed by atoms with E-state index in [0.29, 0.717) is 13.1 Å². The monoisotopic (exact) mass is 390 g/mol. The Morgan fingerprint density at radius 3 is 2.50 bits per heavy atom. The first-order valence-electron chi connectivity index (χ1n) is 9.29. The molecule has 1 atom stereocenters. The van der Waals surface area contributed by atoms with Gasteiger partial charge in [-0.05, 0) is 49.7 Å². The first kappa shape index (κ1) is 18.9. The number of fused-ring (bicyclic) bond motifs is 1. The van der Waals surface area contributed by atoms with Gasteiger partial charge in [-0.3, -0.25) is 4.40 Å². The van der Waals surface area contributed by atoms with Crippen molar-refractivity contribution in [3.63, 3.8) is 0 Å². The maximum atomic E-state index is 13.2. The summed E-state index contributed by atoms with van der Waals surface area (Å²) in [6.07, 6.45) is -2.07. The van der Waals surface area contributed by atoms with Crippen LogP contribution >= 0.6 is 0 Å². The topological polar surface area (TPSA) is 53.7 Å². The van der Waals surface area contributed by atoms with Crippen molar-refractivity contribution in [3.8, 4) is 0 Å². The lowest BCUT2D eigenvalue weighted by atomic mass is 9.95. The van der Waals surface area contributed by atoms with Crippen LogP contribution in [0.1, 0.15) is 41.8 Å². The van der Waals surface area contributed by atoms with Crippen molar-refractivity contribution in [2.24, 2.45) is 0 Å². The molecule has 1 fully saturated rings. The molecule has 3 aromatic rings. The van der Waals surface area contributed by atoms with Gasteiger partial charge >= 0.3 is 6.18 Å². The van der Waals surface area contributed by atoms with E-state index in [1.54, 1.807) is 0 Å². The Morgan fingerprint density at radius 1 is 1.04 bits per heavy atom. The third-order valence-electron chi connectivity index (χ3n) is 5.35. The van der Waals surface area contributed by atoms with Crippen LogP contribution in [0.4, 0.5) is 13.2 Å². The molecule has 0 amide bonds. The van der Waals surface area contributed by atoms with Crippen molar-refractivity contribution < 1.29 is 18.3 Å². The Hall–Kier alpha value is -2.45. The Bertz CT molecular complexity index is 948. The van der Waals surface area contributed by atoms with Gasteiger partial charge in [0.15, 0.2) is 5.65 Å². The number of alkyl halides is 3. The Balaban J connectivity index is 1.41. The average molecular weight is 390 g/mol. The molecule has 148 valence electrons. The van der Waals surface area contributed by atoms with E-state index >= 15 is 0 Å². The predicted molar refractivity (Wildman–Crippen MR) is 97.8 cm³/mol. The van der Waals surface area contributed by atoms with Crippen LogP contribution in [0.3, 0.4) is 0 Å². The standard InChI is InChI=1S/C20H21F3N4O/c21-20(22,23)16-6-2-1-5-15(16)17(28)13-26-11-8-14(9-12-26)19-25-24-18-7-3-4-10-27(18)19/h1-7,10,14,17,28H,8-9,11-13H2. The van der Waals surface area contributed by atoms with E-state index in [1.807, 2.05) is 33.7 Å². The van der Waals surface area contributed by atoms with Crippen LogP contribution < -0.4 is 0 Å². The number of aromatic nitrogens is 3. The number of benzene rings is 1. The molecular formula is C20H21F3N4O. The molecule has 3 heterocycles. The van der Waals surface area contributed by atoms with Crippen LogP contribution in [-0.4, -0.2) is 44.2 Å². The lowest BCUT2D eigenvalue weighted by Crippen LogP contribution is -2.36. The number of piperidine rings is 1. The number of β-amino-alcohol motifs (C(OH)–C–C–N with tert-alkyl or cyclic N) is 1. The molecule has 4 rings (SSSR count). The Kier molecular flexibility index (Phi) is 5.07. The van der Waals surface area contributed by atoms with Gasteiger partial charge in [0.25, 0.3) is 0 Å². The number of nitrogens with zero attached hydrogens (tertiary/aromatic N) is 4. The molecule has 28 heavy (non-hydrogen) atoms. The molecule has 0 bridgehead atoms.